The van der Waals surface area contributed by atoms with Crippen molar-refractivity contribution in [2.24, 2.45) is 0 Å². The molecular formula is C14H19NO. The number of aliphatic hydroxyl groups excluding tert-OH is 1. The monoisotopic (exact) mass is 217 g/mol. The first-order chi connectivity index (χ1) is 7.79. The Hall–Kier alpha value is -1.12. The van der Waals surface area contributed by atoms with Crippen LogP contribution in [0, 0.1) is 0 Å². The highest BCUT2D eigenvalue weighted by Crippen LogP contribution is 2.22. The van der Waals surface area contributed by atoms with E-state index < -0.39 is 0 Å². The van der Waals surface area contributed by atoms with Gasteiger partial charge < -0.3 is 5.11 Å². The average Bonchev–Trinajstić information content (AvgIpc) is 2.33. The van der Waals surface area contributed by atoms with E-state index in [1.165, 1.54) is 11.1 Å². The van der Waals surface area contributed by atoms with E-state index in [0.717, 1.165) is 25.9 Å². The zero-order valence-corrected chi connectivity index (χ0v) is 9.60. The van der Waals surface area contributed by atoms with Gasteiger partial charge in [-0.25, -0.2) is 0 Å². The molecule has 16 heavy (non-hydrogen) atoms. The molecule has 0 aliphatic carbocycles. The number of rotatable bonds is 3. The summed E-state index contributed by atoms with van der Waals surface area (Å²) in [7, 11) is 0. The van der Waals surface area contributed by atoms with Crippen LogP contribution >= 0.6 is 0 Å². The van der Waals surface area contributed by atoms with E-state index >= 15 is 0 Å². The summed E-state index contributed by atoms with van der Waals surface area (Å²) in [5.74, 6) is 0. The average molecular weight is 217 g/mol. The van der Waals surface area contributed by atoms with Crippen LogP contribution < -0.4 is 0 Å². The molecule has 2 nitrogen and oxygen atoms in total. The molecule has 0 spiro atoms. The topological polar surface area (TPSA) is 23.5 Å². The van der Waals surface area contributed by atoms with E-state index in [1.54, 1.807) is 0 Å². The molecule has 1 fully saturated rings. The molecule has 1 saturated heterocycles. The molecular weight excluding hydrogens is 198 g/mol. The normalized spacial score (nSPS) is 22.3. The first-order valence-electron chi connectivity index (χ1n) is 5.85. The molecule has 1 aromatic rings. The number of likely N-dealkylation sites (tertiary alicyclic amines) is 1. The van der Waals surface area contributed by atoms with Gasteiger partial charge in [0.15, 0.2) is 0 Å². The molecule has 2 rings (SSSR count). The van der Waals surface area contributed by atoms with E-state index in [2.05, 4.69) is 35.7 Å². The molecule has 0 radical (unpaired) electrons. The van der Waals surface area contributed by atoms with Gasteiger partial charge in [-0.1, -0.05) is 42.5 Å². The molecule has 1 unspecified atom stereocenters. The Morgan fingerprint density at radius 1 is 1.31 bits per heavy atom. The molecule has 1 heterocycles. The van der Waals surface area contributed by atoms with Crippen molar-refractivity contribution in [2.75, 3.05) is 13.2 Å². The lowest BCUT2D eigenvalue weighted by Crippen LogP contribution is -2.41. The summed E-state index contributed by atoms with van der Waals surface area (Å²) in [6.07, 6.45) is 1.99. The predicted molar refractivity (Wildman–Crippen MR) is 66.1 cm³/mol. The SMILES string of the molecule is C=C1CCN(Cc2ccccc2)C(CO)C1. The van der Waals surface area contributed by atoms with Gasteiger partial charge in [0.2, 0.25) is 0 Å². The van der Waals surface area contributed by atoms with Gasteiger partial charge in [0.05, 0.1) is 6.61 Å². The lowest BCUT2D eigenvalue weighted by atomic mass is 9.98. The zero-order chi connectivity index (χ0) is 11.4. The van der Waals surface area contributed by atoms with Gasteiger partial charge in [-0.15, -0.1) is 0 Å². The van der Waals surface area contributed by atoms with E-state index in [9.17, 15) is 5.11 Å². The smallest absolute Gasteiger partial charge is 0.0590 e. The second kappa shape index (κ2) is 5.28. The van der Waals surface area contributed by atoms with Crippen molar-refractivity contribution in [3.05, 3.63) is 48.0 Å². The van der Waals surface area contributed by atoms with Crippen molar-refractivity contribution in [2.45, 2.75) is 25.4 Å². The Morgan fingerprint density at radius 3 is 2.75 bits per heavy atom. The summed E-state index contributed by atoms with van der Waals surface area (Å²) in [6, 6.07) is 10.7. The van der Waals surface area contributed by atoms with Gasteiger partial charge in [0.25, 0.3) is 0 Å². The van der Waals surface area contributed by atoms with E-state index in [-0.39, 0.29) is 12.6 Å². The minimum Gasteiger partial charge on any atom is -0.395 e. The Morgan fingerprint density at radius 2 is 2.06 bits per heavy atom. The van der Waals surface area contributed by atoms with Gasteiger partial charge in [-0.2, -0.15) is 0 Å². The molecule has 0 aromatic heterocycles. The van der Waals surface area contributed by atoms with Crippen molar-refractivity contribution in [1.82, 2.24) is 4.90 Å². The number of aliphatic hydroxyl groups is 1. The fourth-order valence-corrected chi connectivity index (χ4v) is 2.25. The van der Waals surface area contributed by atoms with Gasteiger partial charge in [-0.05, 0) is 18.4 Å². The Bertz CT molecular complexity index is 347. The minimum atomic E-state index is 0.228. The third-order valence-electron chi connectivity index (χ3n) is 3.23. The summed E-state index contributed by atoms with van der Waals surface area (Å²) < 4.78 is 0. The number of nitrogens with zero attached hydrogens (tertiary/aromatic N) is 1. The van der Waals surface area contributed by atoms with Gasteiger partial charge >= 0.3 is 0 Å². The maximum Gasteiger partial charge on any atom is 0.0590 e. The van der Waals surface area contributed by atoms with Crippen molar-refractivity contribution in [1.29, 1.82) is 0 Å². The summed E-state index contributed by atoms with van der Waals surface area (Å²) in [5, 5.41) is 9.37. The Labute approximate surface area is 97.2 Å². The summed E-state index contributed by atoms with van der Waals surface area (Å²) in [6.45, 7) is 6.19. The molecule has 1 aliphatic rings. The largest absolute Gasteiger partial charge is 0.395 e. The predicted octanol–water partition coefficient (Wildman–Crippen LogP) is 2.20. The number of piperidine rings is 1. The Balaban J connectivity index is 2.01. The maximum atomic E-state index is 9.37. The summed E-state index contributed by atoms with van der Waals surface area (Å²) in [5.41, 5.74) is 2.58. The molecule has 1 aromatic carbocycles. The highest BCUT2D eigenvalue weighted by atomic mass is 16.3. The lowest BCUT2D eigenvalue weighted by Gasteiger charge is -2.35. The summed E-state index contributed by atoms with van der Waals surface area (Å²) >= 11 is 0. The quantitative estimate of drug-likeness (QED) is 0.785. The Kier molecular flexibility index (Phi) is 3.75. The molecule has 0 amide bonds. The van der Waals surface area contributed by atoms with Crippen LogP contribution in [0.25, 0.3) is 0 Å². The van der Waals surface area contributed by atoms with Crippen LogP contribution in [0.15, 0.2) is 42.5 Å². The fraction of sp³-hybridized carbons (Fsp3) is 0.429. The number of hydrogen-bond donors (Lipinski definition) is 1. The van der Waals surface area contributed by atoms with Crippen LogP contribution in [0.2, 0.25) is 0 Å². The highest BCUT2D eigenvalue weighted by molar-refractivity contribution is 5.15. The van der Waals surface area contributed by atoms with E-state index in [4.69, 9.17) is 0 Å². The molecule has 0 saturated carbocycles. The van der Waals surface area contributed by atoms with Crippen molar-refractivity contribution in [3.63, 3.8) is 0 Å². The zero-order valence-electron chi connectivity index (χ0n) is 9.60. The third kappa shape index (κ3) is 2.71. The number of hydrogen-bond acceptors (Lipinski definition) is 2. The minimum absolute atomic E-state index is 0.228. The van der Waals surface area contributed by atoms with Crippen LogP contribution in [0.4, 0.5) is 0 Å². The van der Waals surface area contributed by atoms with Crippen LogP contribution in [-0.2, 0) is 6.54 Å². The van der Waals surface area contributed by atoms with Crippen LogP contribution in [-0.4, -0.2) is 29.2 Å². The second-order valence-electron chi connectivity index (χ2n) is 4.50. The molecule has 86 valence electrons. The van der Waals surface area contributed by atoms with Crippen LogP contribution in [0.5, 0.6) is 0 Å². The third-order valence-corrected chi connectivity index (χ3v) is 3.23. The standard InChI is InChI=1S/C14H19NO/c1-12-7-8-15(14(9-12)11-16)10-13-5-3-2-4-6-13/h2-6,14,16H,1,7-11H2. The second-order valence-corrected chi connectivity index (χ2v) is 4.50. The molecule has 2 heteroatoms. The van der Waals surface area contributed by atoms with Gasteiger partial charge in [0, 0.05) is 19.1 Å². The van der Waals surface area contributed by atoms with Crippen molar-refractivity contribution >= 4 is 0 Å². The van der Waals surface area contributed by atoms with Crippen LogP contribution in [0.3, 0.4) is 0 Å². The van der Waals surface area contributed by atoms with Gasteiger partial charge in [0.1, 0.15) is 0 Å². The van der Waals surface area contributed by atoms with Crippen molar-refractivity contribution in [3.8, 4) is 0 Å². The summed E-state index contributed by atoms with van der Waals surface area (Å²) in [4.78, 5) is 2.35. The van der Waals surface area contributed by atoms with Crippen molar-refractivity contribution < 1.29 is 5.11 Å². The first kappa shape index (κ1) is 11.4. The molecule has 0 bridgehead atoms. The van der Waals surface area contributed by atoms with E-state index in [1.807, 2.05) is 6.07 Å². The van der Waals surface area contributed by atoms with E-state index in [0.29, 0.717) is 0 Å². The molecule has 1 N–H and O–H groups in total. The van der Waals surface area contributed by atoms with Crippen LogP contribution in [0.1, 0.15) is 18.4 Å². The highest BCUT2D eigenvalue weighted by Gasteiger charge is 2.23. The molecule has 1 aliphatic heterocycles. The van der Waals surface area contributed by atoms with Gasteiger partial charge in [-0.3, -0.25) is 4.90 Å². The molecule has 1 atom stereocenters. The fourth-order valence-electron chi connectivity index (χ4n) is 2.25. The number of benzene rings is 1. The maximum absolute atomic E-state index is 9.37. The first-order valence-corrected chi connectivity index (χ1v) is 5.85. The lowest BCUT2D eigenvalue weighted by molar-refractivity contribution is 0.102.